The molecule has 0 aliphatic carbocycles. The van der Waals surface area contributed by atoms with Crippen LogP contribution in [0, 0.1) is 0 Å². The maximum atomic E-state index is 11.9. The number of hydrogen-bond donors (Lipinski definition) is 2. The van der Waals surface area contributed by atoms with Gasteiger partial charge in [-0.2, -0.15) is 0 Å². The van der Waals surface area contributed by atoms with Gasteiger partial charge in [0.05, 0.1) is 24.8 Å². The molecule has 8 heteroatoms. The summed E-state index contributed by atoms with van der Waals surface area (Å²) < 4.78 is 5.32. The standard InChI is InChI=1S/C13H15BrN2O5/c1-16(6-5-11(17)18)13(20)15-10-4-3-8(14)7-9(10)12(19)21-2/h3-4,7H,5-6H2,1-2H3,(H,15,20)(H,17,18). The van der Waals surface area contributed by atoms with Crippen LogP contribution in [0.25, 0.3) is 0 Å². The number of urea groups is 1. The number of carboxylic acids is 1. The van der Waals surface area contributed by atoms with Gasteiger partial charge in [-0.1, -0.05) is 15.9 Å². The van der Waals surface area contributed by atoms with Crippen LogP contribution in [0.4, 0.5) is 10.5 Å². The average molecular weight is 359 g/mol. The number of benzene rings is 1. The summed E-state index contributed by atoms with van der Waals surface area (Å²) in [6.07, 6.45) is -0.159. The van der Waals surface area contributed by atoms with E-state index in [4.69, 9.17) is 5.11 Å². The molecule has 0 heterocycles. The Labute approximate surface area is 130 Å². The van der Waals surface area contributed by atoms with Crippen molar-refractivity contribution in [3.63, 3.8) is 0 Å². The van der Waals surface area contributed by atoms with E-state index >= 15 is 0 Å². The Balaban J connectivity index is 2.84. The zero-order valence-corrected chi connectivity index (χ0v) is 13.1. The SMILES string of the molecule is COC(=O)c1cc(Br)ccc1NC(=O)N(C)CCC(=O)O. The minimum atomic E-state index is -0.992. The number of halogens is 1. The molecule has 0 saturated heterocycles. The number of ether oxygens (including phenoxy) is 1. The van der Waals surface area contributed by atoms with Crippen molar-refractivity contribution in [1.82, 2.24) is 4.90 Å². The number of hydrogen-bond acceptors (Lipinski definition) is 4. The second-order valence-electron chi connectivity index (χ2n) is 4.18. The molecular formula is C13H15BrN2O5. The van der Waals surface area contributed by atoms with Gasteiger partial charge >= 0.3 is 18.0 Å². The van der Waals surface area contributed by atoms with Crippen LogP contribution in [-0.2, 0) is 9.53 Å². The lowest BCUT2D eigenvalue weighted by molar-refractivity contribution is -0.137. The fraction of sp³-hybridized carbons (Fsp3) is 0.308. The highest BCUT2D eigenvalue weighted by Crippen LogP contribution is 2.22. The summed E-state index contributed by atoms with van der Waals surface area (Å²) in [5.41, 5.74) is 0.490. The zero-order valence-electron chi connectivity index (χ0n) is 11.6. The predicted octanol–water partition coefficient (Wildman–Crippen LogP) is 2.17. The maximum absolute atomic E-state index is 11.9. The third kappa shape index (κ3) is 5.07. The van der Waals surface area contributed by atoms with Crippen molar-refractivity contribution >= 4 is 39.6 Å². The molecule has 0 aromatic heterocycles. The minimum absolute atomic E-state index is 0.0608. The van der Waals surface area contributed by atoms with Crippen molar-refractivity contribution in [3.05, 3.63) is 28.2 Å². The van der Waals surface area contributed by atoms with Gasteiger partial charge in [0.15, 0.2) is 0 Å². The molecule has 0 aliphatic heterocycles. The van der Waals surface area contributed by atoms with E-state index in [0.29, 0.717) is 4.47 Å². The van der Waals surface area contributed by atoms with Gasteiger partial charge in [0.1, 0.15) is 0 Å². The van der Waals surface area contributed by atoms with E-state index in [-0.39, 0.29) is 24.2 Å². The molecule has 0 bridgehead atoms. The maximum Gasteiger partial charge on any atom is 0.340 e. The van der Waals surface area contributed by atoms with Gasteiger partial charge in [-0.05, 0) is 18.2 Å². The number of esters is 1. The highest BCUT2D eigenvalue weighted by molar-refractivity contribution is 9.10. The zero-order chi connectivity index (χ0) is 16.0. The smallest absolute Gasteiger partial charge is 0.340 e. The normalized spacial score (nSPS) is 9.86. The molecular weight excluding hydrogens is 344 g/mol. The number of rotatable bonds is 5. The quantitative estimate of drug-likeness (QED) is 0.786. The highest BCUT2D eigenvalue weighted by Gasteiger charge is 2.16. The first-order valence-electron chi connectivity index (χ1n) is 5.97. The number of carboxylic acid groups (broad SMARTS) is 1. The van der Waals surface area contributed by atoms with E-state index in [1.54, 1.807) is 12.1 Å². The fourth-order valence-electron chi connectivity index (χ4n) is 1.48. The molecule has 0 atom stereocenters. The molecule has 21 heavy (non-hydrogen) atoms. The van der Waals surface area contributed by atoms with E-state index in [9.17, 15) is 14.4 Å². The number of nitrogens with one attached hydrogen (secondary N) is 1. The third-order valence-corrected chi connectivity index (χ3v) is 3.13. The molecule has 114 valence electrons. The summed E-state index contributed by atoms with van der Waals surface area (Å²) in [6, 6.07) is 4.24. The van der Waals surface area contributed by atoms with Gasteiger partial charge in [0.25, 0.3) is 0 Å². The first-order valence-corrected chi connectivity index (χ1v) is 6.76. The molecule has 2 amide bonds. The van der Waals surface area contributed by atoms with Crippen molar-refractivity contribution in [3.8, 4) is 0 Å². The molecule has 0 fully saturated rings. The van der Waals surface area contributed by atoms with Gasteiger partial charge in [0.2, 0.25) is 0 Å². The topological polar surface area (TPSA) is 95.9 Å². The van der Waals surface area contributed by atoms with Crippen LogP contribution >= 0.6 is 15.9 Å². The molecule has 0 radical (unpaired) electrons. The predicted molar refractivity (Wildman–Crippen MR) is 79.4 cm³/mol. The Kier molecular flexibility index (Phi) is 6.16. The monoisotopic (exact) mass is 358 g/mol. The van der Waals surface area contributed by atoms with Crippen LogP contribution < -0.4 is 5.32 Å². The number of methoxy groups -OCH3 is 1. The Bertz CT molecular complexity index is 561. The molecule has 2 N–H and O–H groups in total. The summed E-state index contributed by atoms with van der Waals surface area (Å²) in [7, 11) is 2.71. The van der Waals surface area contributed by atoms with Crippen molar-refractivity contribution in [1.29, 1.82) is 0 Å². The second-order valence-corrected chi connectivity index (χ2v) is 5.09. The number of amides is 2. The number of carbonyl (C=O) groups excluding carboxylic acids is 2. The molecule has 1 aromatic rings. The van der Waals surface area contributed by atoms with Crippen molar-refractivity contribution < 1.29 is 24.2 Å². The molecule has 7 nitrogen and oxygen atoms in total. The fourth-order valence-corrected chi connectivity index (χ4v) is 1.84. The minimum Gasteiger partial charge on any atom is -0.481 e. The lowest BCUT2D eigenvalue weighted by Crippen LogP contribution is -2.33. The molecule has 0 spiro atoms. The van der Waals surface area contributed by atoms with Crippen molar-refractivity contribution in [2.45, 2.75) is 6.42 Å². The lowest BCUT2D eigenvalue weighted by Gasteiger charge is -2.18. The van der Waals surface area contributed by atoms with Gasteiger partial charge < -0.3 is 20.1 Å². The Morgan fingerprint density at radius 1 is 1.38 bits per heavy atom. The van der Waals surface area contributed by atoms with Crippen LogP contribution in [0.1, 0.15) is 16.8 Å². The molecule has 0 aliphatic rings. The van der Waals surface area contributed by atoms with Crippen LogP contribution in [0.2, 0.25) is 0 Å². The average Bonchev–Trinajstić information content (AvgIpc) is 2.45. The van der Waals surface area contributed by atoms with Crippen LogP contribution in [0.5, 0.6) is 0 Å². The van der Waals surface area contributed by atoms with Gasteiger partial charge in [0, 0.05) is 18.1 Å². The number of anilines is 1. The largest absolute Gasteiger partial charge is 0.481 e. The third-order valence-electron chi connectivity index (χ3n) is 2.64. The number of carbonyl (C=O) groups is 3. The molecule has 1 aromatic carbocycles. The van der Waals surface area contributed by atoms with Gasteiger partial charge in [-0.3, -0.25) is 4.79 Å². The number of aliphatic carboxylic acids is 1. The first-order chi connectivity index (χ1) is 9.85. The lowest BCUT2D eigenvalue weighted by atomic mass is 10.2. The van der Waals surface area contributed by atoms with Crippen molar-refractivity contribution in [2.24, 2.45) is 0 Å². The summed E-state index contributed by atoms with van der Waals surface area (Å²) in [5.74, 6) is -1.58. The summed E-state index contributed by atoms with van der Waals surface area (Å²) in [5, 5.41) is 11.1. The van der Waals surface area contributed by atoms with Gasteiger partial charge in [-0.25, -0.2) is 9.59 Å². The Hall–Kier alpha value is -2.09. The molecule has 1 rings (SSSR count). The van der Waals surface area contributed by atoms with Crippen molar-refractivity contribution in [2.75, 3.05) is 26.0 Å². The summed E-state index contributed by atoms with van der Waals surface area (Å²) in [4.78, 5) is 35.3. The highest BCUT2D eigenvalue weighted by atomic mass is 79.9. The van der Waals surface area contributed by atoms with Gasteiger partial charge in [-0.15, -0.1) is 0 Å². The Morgan fingerprint density at radius 3 is 2.62 bits per heavy atom. The van der Waals surface area contributed by atoms with E-state index in [1.165, 1.54) is 25.1 Å². The molecule has 0 saturated carbocycles. The first kappa shape index (κ1) is 17.0. The Morgan fingerprint density at radius 2 is 2.05 bits per heavy atom. The summed E-state index contributed by atoms with van der Waals surface area (Å²) >= 11 is 3.23. The van der Waals surface area contributed by atoms with Crippen LogP contribution in [0.3, 0.4) is 0 Å². The van der Waals surface area contributed by atoms with Crippen LogP contribution in [0.15, 0.2) is 22.7 Å². The van der Waals surface area contributed by atoms with Crippen LogP contribution in [-0.4, -0.2) is 48.7 Å². The second kappa shape index (κ2) is 7.63. The summed E-state index contributed by atoms with van der Waals surface area (Å²) in [6.45, 7) is 0.0608. The van der Waals surface area contributed by atoms with E-state index in [0.717, 1.165) is 0 Å². The van der Waals surface area contributed by atoms with E-state index in [1.807, 2.05) is 0 Å². The van der Waals surface area contributed by atoms with E-state index in [2.05, 4.69) is 26.0 Å². The molecule has 0 unspecified atom stereocenters. The number of nitrogens with zero attached hydrogens (tertiary/aromatic N) is 1. The van der Waals surface area contributed by atoms with E-state index < -0.39 is 18.0 Å².